The number of imidazole rings is 1. The summed E-state index contributed by atoms with van der Waals surface area (Å²) in [6.07, 6.45) is 3.26. The quantitative estimate of drug-likeness (QED) is 0.720. The molecule has 0 unspecified atom stereocenters. The van der Waals surface area contributed by atoms with E-state index in [1.165, 1.54) is 0 Å². The first-order valence-corrected chi connectivity index (χ1v) is 7.18. The Kier molecular flexibility index (Phi) is 3.30. The van der Waals surface area contributed by atoms with Crippen molar-refractivity contribution in [3.05, 3.63) is 52.6 Å². The first-order valence-electron chi connectivity index (χ1n) is 6.39. The first kappa shape index (κ1) is 14.2. The van der Waals surface area contributed by atoms with Crippen molar-refractivity contribution >= 4 is 21.6 Å². The molecule has 6 heteroatoms. The lowest BCUT2D eigenvalue weighted by Crippen LogP contribution is -2.18. The largest absolute Gasteiger partial charge is 0.386 e. The Balaban J connectivity index is 2.23. The van der Waals surface area contributed by atoms with Gasteiger partial charge in [-0.3, -0.25) is 4.40 Å². The van der Waals surface area contributed by atoms with Gasteiger partial charge < -0.3 is 5.11 Å². The molecular weight excluding hydrogens is 337 g/mol. The number of fused-ring (bicyclic) bond motifs is 1. The molecule has 0 amide bonds. The van der Waals surface area contributed by atoms with Crippen molar-refractivity contribution in [2.45, 2.75) is 19.4 Å². The second-order valence-corrected chi connectivity index (χ2v) is 6.10. The molecule has 0 bridgehead atoms. The van der Waals surface area contributed by atoms with Crippen LogP contribution in [0.1, 0.15) is 19.4 Å². The summed E-state index contributed by atoms with van der Waals surface area (Å²) in [6, 6.07) is 7.06. The van der Waals surface area contributed by atoms with Crippen LogP contribution in [0.5, 0.6) is 0 Å². The summed E-state index contributed by atoms with van der Waals surface area (Å²) in [6.45, 7) is 3.09. The molecule has 0 saturated heterocycles. The fourth-order valence-electron chi connectivity index (χ4n) is 2.23. The van der Waals surface area contributed by atoms with Gasteiger partial charge in [-0.25, -0.2) is 14.4 Å². The number of aliphatic hydroxyl groups is 1. The summed E-state index contributed by atoms with van der Waals surface area (Å²) in [5, 5.41) is 9.99. The molecule has 0 aliphatic heterocycles. The molecule has 0 aliphatic rings. The molecule has 3 heterocycles. The fourth-order valence-corrected chi connectivity index (χ4v) is 2.57. The van der Waals surface area contributed by atoms with E-state index in [-0.39, 0.29) is 11.2 Å². The molecule has 4 nitrogen and oxygen atoms in total. The Morgan fingerprint density at radius 1 is 1.29 bits per heavy atom. The number of aromatic nitrogens is 3. The van der Waals surface area contributed by atoms with Crippen molar-refractivity contribution < 1.29 is 9.50 Å². The Morgan fingerprint density at radius 3 is 2.71 bits per heavy atom. The van der Waals surface area contributed by atoms with Crippen molar-refractivity contribution in [3.8, 4) is 11.4 Å². The summed E-state index contributed by atoms with van der Waals surface area (Å²) in [5.74, 6) is -0.522. The minimum atomic E-state index is -1.26. The predicted molar refractivity (Wildman–Crippen MR) is 81.3 cm³/mol. The highest BCUT2D eigenvalue weighted by atomic mass is 79.9. The van der Waals surface area contributed by atoms with Gasteiger partial charge >= 0.3 is 0 Å². The number of hydrogen-bond acceptors (Lipinski definition) is 3. The molecule has 0 aromatic carbocycles. The topological polar surface area (TPSA) is 50.4 Å². The average Bonchev–Trinajstić information content (AvgIpc) is 2.82. The maximum Gasteiger partial charge on any atom is 0.174 e. The monoisotopic (exact) mass is 349 g/mol. The van der Waals surface area contributed by atoms with E-state index in [1.807, 2.05) is 18.2 Å². The van der Waals surface area contributed by atoms with Gasteiger partial charge in [-0.2, -0.15) is 0 Å². The van der Waals surface area contributed by atoms with E-state index in [1.54, 1.807) is 36.7 Å². The lowest BCUT2D eigenvalue weighted by atomic mass is 9.99. The van der Waals surface area contributed by atoms with E-state index < -0.39 is 11.4 Å². The fraction of sp³-hybridized carbons (Fsp3) is 0.200. The number of halogens is 2. The molecule has 0 saturated carbocycles. The van der Waals surface area contributed by atoms with Crippen LogP contribution < -0.4 is 0 Å². The molecule has 0 atom stereocenters. The number of rotatable bonds is 2. The second-order valence-electron chi connectivity index (χ2n) is 5.29. The third kappa shape index (κ3) is 2.45. The second kappa shape index (κ2) is 4.89. The van der Waals surface area contributed by atoms with Crippen LogP contribution in [0.2, 0.25) is 0 Å². The maximum absolute atomic E-state index is 14.5. The number of hydrogen-bond donors (Lipinski definition) is 1. The molecule has 0 spiro atoms. The van der Waals surface area contributed by atoms with Crippen molar-refractivity contribution in [3.63, 3.8) is 0 Å². The van der Waals surface area contributed by atoms with Crippen LogP contribution in [0.3, 0.4) is 0 Å². The van der Waals surface area contributed by atoms with E-state index in [0.29, 0.717) is 16.0 Å². The van der Waals surface area contributed by atoms with Gasteiger partial charge in [-0.1, -0.05) is 6.07 Å². The molecule has 1 N–H and O–H groups in total. The third-order valence-corrected chi connectivity index (χ3v) is 3.70. The third-order valence-electron chi connectivity index (χ3n) is 3.26. The van der Waals surface area contributed by atoms with Crippen LogP contribution in [0, 0.1) is 5.82 Å². The van der Waals surface area contributed by atoms with Crippen molar-refractivity contribution in [2.24, 2.45) is 0 Å². The molecular formula is C15H13BrFN3O. The summed E-state index contributed by atoms with van der Waals surface area (Å²) in [4.78, 5) is 8.47. The van der Waals surface area contributed by atoms with Crippen LogP contribution in [0.25, 0.3) is 17.0 Å². The zero-order chi connectivity index (χ0) is 15.2. The number of pyridine rings is 2. The van der Waals surface area contributed by atoms with E-state index in [2.05, 4.69) is 25.9 Å². The minimum Gasteiger partial charge on any atom is -0.386 e. The molecule has 0 aliphatic carbocycles. The summed E-state index contributed by atoms with van der Waals surface area (Å²) >= 11 is 3.32. The first-order chi connectivity index (χ1) is 9.88. The highest BCUT2D eigenvalue weighted by Crippen LogP contribution is 2.28. The van der Waals surface area contributed by atoms with Crippen LogP contribution >= 0.6 is 15.9 Å². The van der Waals surface area contributed by atoms with Crippen molar-refractivity contribution in [1.82, 2.24) is 14.4 Å². The molecule has 0 radical (unpaired) electrons. The standard InChI is InChI=1S/C15H13BrFN3O/c1-15(2,21)9-6-7-20-11(8-18-14(20)13(9)17)10-4-3-5-12(16)19-10/h3-8,21H,1-2H3. The van der Waals surface area contributed by atoms with Gasteiger partial charge in [0.2, 0.25) is 0 Å². The maximum atomic E-state index is 14.5. The Bertz CT molecular complexity index is 823. The van der Waals surface area contributed by atoms with Gasteiger partial charge in [0.25, 0.3) is 0 Å². The van der Waals surface area contributed by atoms with Gasteiger partial charge in [0.15, 0.2) is 11.5 Å². The number of nitrogens with zero attached hydrogens (tertiary/aromatic N) is 3. The lowest BCUT2D eigenvalue weighted by molar-refractivity contribution is 0.0746. The van der Waals surface area contributed by atoms with Gasteiger partial charge in [0, 0.05) is 11.8 Å². The molecule has 0 fully saturated rings. The van der Waals surface area contributed by atoms with Gasteiger partial charge in [0.1, 0.15) is 4.60 Å². The van der Waals surface area contributed by atoms with E-state index >= 15 is 0 Å². The van der Waals surface area contributed by atoms with Crippen molar-refractivity contribution in [1.29, 1.82) is 0 Å². The minimum absolute atomic E-state index is 0.173. The lowest BCUT2D eigenvalue weighted by Gasteiger charge is -2.18. The van der Waals surface area contributed by atoms with Gasteiger partial charge in [0.05, 0.1) is 23.2 Å². The van der Waals surface area contributed by atoms with Gasteiger partial charge in [-0.15, -0.1) is 0 Å². The van der Waals surface area contributed by atoms with Crippen LogP contribution in [0.4, 0.5) is 4.39 Å². The molecule has 3 aromatic rings. The Morgan fingerprint density at radius 2 is 2.05 bits per heavy atom. The predicted octanol–water partition coefficient (Wildman–Crippen LogP) is 3.53. The molecule has 21 heavy (non-hydrogen) atoms. The summed E-state index contributed by atoms with van der Waals surface area (Å²) in [5.41, 5.74) is 0.506. The summed E-state index contributed by atoms with van der Waals surface area (Å²) < 4.78 is 16.8. The van der Waals surface area contributed by atoms with E-state index in [0.717, 1.165) is 0 Å². The summed E-state index contributed by atoms with van der Waals surface area (Å²) in [7, 11) is 0. The van der Waals surface area contributed by atoms with Crippen LogP contribution in [-0.4, -0.2) is 19.5 Å². The average molecular weight is 350 g/mol. The zero-order valence-corrected chi connectivity index (χ0v) is 13.1. The molecule has 3 aromatic heterocycles. The Hall–Kier alpha value is -1.79. The van der Waals surface area contributed by atoms with Gasteiger partial charge in [-0.05, 0) is 48.0 Å². The molecule has 108 valence electrons. The SMILES string of the molecule is CC(C)(O)c1ccn2c(-c3cccc(Br)n3)cnc2c1F. The van der Waals surface area contributed by atoms with Crippen LogP contribution in [-0.2, 0) is 5.60 Å². The smallest absolute Gasteiger partial charge is 0.174 e. The van der Waals surface area contributed by atoms with E-state index in [9.17, 15) is 9.50 Å². The Labute approximate surface area is 129 Å². The molecule has 3 rings (SSSR count). The highest BCUT2D eigenvalue weighted by Gasteiger charge is 2.23. The van der Waals surface area contributed by atoms with Crippen molar-refractivity contribution in [2.75, 3.05) is 0 Å². The van der Waals surface area contributed by atoms with E-state index in [4.69, 9.17) is 0 Å². The normalized spacial score (nSPS) is 12.0. The highest BCUT2D eigenvalue weighted by molar-refractivity contribution is 9.10. The zero-order valence-electron chi connectivity index (χ0n) is 11.5. The van der Waals surface area contributed by atoms with Crippen LogP contribution in [0.15, 0.2) is 41.3 Å².